The summed E-state index contributed by atoms with van der Waals surface area (Å²) in [5, 5.41) is 18.5. The minimum atomic E-state index is -1.03. The van der Waals surface area contributed by atoms with Gasteiger partial charge in [-0.3, -0.25) is 4.79 Å². The number of carbonyl (C=O) groups is 2. The molecule has 0 aromatic heterocycles. The van der Waals surface area contributed by atoms with Crippen LogP contribution in [0.2, 0.25) is 0 Å². The zero-order valence-corrected chi connectivity index (χ0v) is 10.4. The molecule has 1 amide bonds. The summed E-state index contributed by atoms with van der Waals surface area (Å²) in [6.07, 6.45) is 2.13. The Morgan fingerprint density at radius 3 is 2.50 bits per heavy atom. The third kappa shape index (κ3) is 3.00. The Balaban J connectivity index is 1.85. The number of amides is 1. The Bertz CT molecular complexity index is 328. The minimum absolute atomic E-state index is 0.144. The van der Waals surface area contributed by atoms with Crippen LogP contribution in [0.15, 0.2) is 0 Å². The van der Waals surface area contributed by atoms with Gasteiger partial charge in [-0.2, -0.15) is 0 Å². The maximum Gasteiger partial charge on any atom is 0.326 e. The number of likely N-dealkylation sites (tertiary alicyclic amines) is 2. The number of aliphatic carboxylic acids is 1. The van der Waals surface area contributed by atoms with Gasteiger partial charge in [-0.15, -0.1) is 0 Å². The second-order valence-electron chi connectivity index (χ2n) is 5.09. The van der Waals surface area contributed by atoms with Gasteiger partial charge in [0.1, 0.15) is 6.04 Å². The second kappa shape index (κ2) is 5.67. The number of rotatable bonds is 4. The summed E-state index contributed by atoms with van der Waals surface area (Å²) < 4.78 is 0. The standard InChI is InChI=1S/C12H20N2O4/c15-9-7-10(12(17)18)14(8-9)11(16)3-6-13-4-1-2-5-13/h9-10,15H,1-8H2,(H,17,18). The van der Waals surface area contributed by atoms with Crippen molar-refractivity contribution in [2.75, 3.05) is 26.2 Å². The maximum atomic E-state index is 12.0. The first kappa shape index (κ1) is 13.3. The number of hydrogen-bond donors (Lipinski definition) is 2. The predicted molar refractivity (Wildman–Crippen MR) is 64.1 cm³/mol. The van der Waals surface area contributed by atoms with Gasteiger partial charge in [0.15, 0.2) is 0 Å². The van der Waals surface area contributed by atoms with E-state index in [0.29, 0.717) is 13.0 Å². The summed E-state index contributed by atoms with van der Waals surface area (Å²) in [4.78, 5) is 26.5. The fraction of sp³-hybridized carbons (Fsp3) is 0.833. The first-order valence-electron chi connectivity index (χ1n) is 6.50. The number of carboxylic acid groups (broad SMARTS) is 1. The molecule has 2 saturated heterocycles. The molecule has 2 fully saturated rings. The first-order chi connectivity index (χ1) is 8.58. The van der Waals surface area contributed by atoms with Crippen LogP contribution in [-0.4, -0.2) is 70.2 Å². The molecular weight excluding hydrogens is 236 g/mol. The van der Waals surface area contributed by atoms with Gasteiger partial charge in [0.25, 0.3) is 0 Å². The van der Waals surface area contributed by atoms with Crippen LogP contribution in [0.3, 0.4) is 0 Å². The van der Waals surface area contributed by atoms with Gasteiger partial charge in [-0.1, -0.05) is 0 Å². The molecule has 0 saturated carbocycles. The van der Waals surface area contributed by atoms with Crippen molar-refractivity contribution in [3.05, 3.63) is 0 Å². The molecule has 102 valence electrons. The number of nitrogens with zero attached hydrogens (tertiary/aromatic N) is 2. The van der Waals surface area contributed by atoms with E-state index < -0.39 is 18.1 Å². The lowest BCUT2D eigenvalue weighted by Gasteiger charge is -2.22. The molecule has 0 aromatic rings. The van der Waals surface area contributed by atoms with Crippen molar-refractivity contribution in [1.82, 2.24) is 9.80 Å². The van der Waals surface area contributed by atoms with E-state index in [1.165, 1.54) is 17.7 Å². The van der Waals surface area contributed by atoms with Gasteiger partial charge >= 0.3 is 5.97 Å². The quantitative estimate of drug-likeness (QED) is 0.710. The Morgan fingerprint density at radius 1 is 1.22 bits per heavy atom. The summed E-state index contributed by atoms with van der Waals surface area (Å²) in [7, 11) is 0. The zero-order chi connectivity index (χ0) is 13.1. The Morgan fingerprint density at radius 2 is 1.89 bits per heavy atom. The molecule has 0 aliphatic carbocycles. The highest BCUT2D eigenvalue weighted by Gasteiger charge is 2.38. The largest absolute Gasteiger partial charge is 0.480 e. The highest BCUT2D eigenvalue weighted by atomic mass is 16.4. The Kier molecular flexibility index (Phi) is 4.19. The van der Waals surface area contributed by atoms with Crippen LogP contribution in [-0.2, 0) is 9.59 Å². The van der Waals surface area contributed by atoms with Gasteiger partial charge in [0.05, 0.1) is 6.10 Å². The van der Waals surface area contributed by atoms with Gasteiger partial charge in [-0.25, -0.2) is 4.79 Å². The van der Waals surface area contributed by atoms with Crippen molar-refractivity contribution in [3.63, 3.8) is 0 Å². The second-order valence-corrected chi connectivity index (χ2v) is 5.09. The van der Waals surface area contributed by atoms with Crippen molar-refractivity contribution in [2.24, 2.45) is 0 Å². The monoisotopic (exact) mass is 256 g/mol. The van der Waals surface area contributed by atoms with Crippen LogP contribution in [0.25, 0.3) is 0 Å². The molecule has 0 bridgehead atoms. The molecule has 2 aliphatic heterocycles. The zero-order valence-electron chi connectivity index (χ0n) is 10.4. The maximum absolute atomic E-state index is 12.0. The smallest absolute Gasteiger partial charge is 0.326 e. The van der Waals surface area contributed by atoms with E-state index in [1.54, 1.807) is 0 Å². The molecule has 0 aromatic carbocycles. The number of aliphatic hydroxyl groups excluding tert-OH is 1. The molecule has 18 heavy (non-hydrogen) atoms. The van der Waals surface area contributed by atoms with E-state index in [0.717, 1.165) is 13.1 Å². The highest BCUT2D eigenvalue weighted by molar-refractivity contribution is 5.84. The number of aliphatic hydroxyl groups is 1. The van der Waals surface area contributed by atoms with E-state index in [-0.39, 0.29) is 18.9 Å². The highest BCUT2D eigenvalue weighted by Crippen LogP contribution is 2.19. The van der Waals surface area contributed by atoms with E-state index in [2.05, 4.69) is 4.90 Å². The predicted octanol–water partition coefficient (Wildman–Crippen LogP) is -0.481. The first-order valence-corrected chi connectivity index (χ1v) is 6.50. The van der Waals surface area contributed by atoms with E-state index in [1.807, 2.05) is 0 Å². The van der Waals surface area contributed by atoms with Crippen LogP contribution in [0.4, 0.5) is 0 Å². The van der Waals surface area contributed by atoms with Crippen molar-refractivity contribution >= 4 is 11.9 Å². The van der Waals surface area contributed by atoms with E-state index in [9.17, 15) is 14.7 Å². The average Bonchev–Trinajstić information content (AvgIpc) is 2.94. The van der Waals surface area contributed by atoms with Crippen molar-refractivity contribution < 1.29 is 19.8 Å². The Hall–Kier alpha value is -1.14. The Labute approximate surface area is 106 Å². The molecule has 2 unspecified atom stereocenters. The van der Waals surface area contributed by atoms with Crippen LogP contribution in [0, 0.1) is 0 Å². The summed E-state index contributed by atoms with van der Waals surface area (Å²) in [6.45, 7) is 2.89. The molecule has 6 heteroatoms. The molecule has 0 spiro atoms. The number of hydrogen-bond acceptors (Lipinski definition) is 4. The summed E-state index contributed by atoms with van der Waals surface area (Å²) in [5.41, 5.74) is 0. The average molecular weight is 256 g/mol. The lowest BCUT2D eigenvalue weighted by Crippen LogP contribution is -2.41. The van der Waals surface area contributed by atoms with Crippen LogP contribution >= 0.6 is 0 Å². The number of carboxylic acids is 1. The molecule has 6 nitrogen and oxygen atoms in total. The van der Waals surface area contributed by atoms with Crippen molar-refractivity contribution in [3.8, 4) is 0 Å². The van der Waals surface area contributed by atoms with Crippen molar-refractivity contribution in [2.45, 2.75) is 37.8 Å². The lowest BCUT2D eigenvalue weighted by molar-refractivity contribution is -0.148. The van der Waals surface area contributed by atoms with Crippen LogP contribution < -0.4 is 0 Å². The van der Waals surface area contributed by atoms with Gasteiger partial charge in [0.2, 0.25) is 5.91 Å². The van der Waals surface area contributed by atoms with Gasteiger partial charge in [-0.05, 0) is 25.9 Å². The summed E-state index contributed by atoms with van der Waals surface area (Å²) in [5.74, 6) is -1.19. The number of β-amino-alcohol motifs (C(OH)–C–C–N with tert-alkyl or cyclic N) is 1. The van der Waals surface area contributed by atoms with E-state index in [4.69, 9.17) is 5.11 Å². The van der Waals surface area contributed by atoms with Crippen LogP contribution in [0.5, 0.6) is 0 Å². The topological polar surface area (TPSA) is 81.1 Å². The molecule has 0 radical (unpaired) electrons. The molecular formula is C12H20N2O4. The molecule has 2 N–H and O–H groups in total. The number of carbonyl (C=O) groups excluding carboxylic acids is 1. The third-order valence-corrected chi connectivity index (χ3v) is 3.72. The summed E-state index contributed by atoms with van der Waals surface area (Å²) in [6, 6.07) is -0.855. The third-order valence-electron chi connectivity index (χ3n) is 3.72. The van der Waals surface area contributed by atoms with Gasteiger partial charge in [0, 0.05) is 25.9 Å². The lowest BCUT2D eigenvalue weighted by atomic mass is 10.2. The van der Waals surface area contributed by atoms with Crippen LogP contribution in [0.1, 0.15) is 25.7 Å². The SMILES string of the molecule is O=C(O)C1CC(O)CN1C(=O)CCN1CCCC1. The summed E-state index contributed by atoms with van der Waals surface area (Å²) >= 11 is 0. The van der Waals surface area contributed by atoms with Gasteiger partial charge < -0.3 is 20.0 Å². The fourth-order valence-electron chi connectivity index (χ4n) is 2.73. The molecule has 2 aliphatic rings. The minimum Gasteiger partial charge on any atom is -0.480 e. The molecule has 2 heterocycles. The normalized spacial score (nSPS) is 28.8. The fourth-order valence-corrected chi connectivity index (χ4v) is 2.73. The van der Waals surface area contributed by atoms with E-state index >= 15 is 0 Å². The molecule has 2 rings (SSSR count). The molecule has 2 atom stereocenters. The van der Waals surface area contributed by atoms with Crippen molar-refractivity contribution in [1.29, 1.82) is 0 Å².